The molecule has 3 aliphatic rings. The number of carbonyl (C=O) groups excluding carboxylic acids is 1. The number of nitriles is 3. The van der Waals surface area contributed by atoms with Gasteiger partial charge in [-0.25, -0.2) is 28.1 Å². The van der Waals surface area contributed by atoms with E-state index >= 15 is 0 Å². The van der Waals surface area contributed by atoms with Crippen molar-refractivity contribution in [1.29, 1.82) is 15.8 Å². The molecule has 0 radical (unpaired) electrons. The van der Waals surface area contributed by atoms with Crippen molar-refractivity contribution in [3.8, 4) is 68.8 Å². The maximum absolute atomic E-state index is 14.0. The Morgan fingerprint density at radius 3 is 1.12 bits per heavy atom. The Balaban J connectivity index is 0.000000165. The zero-order valence-electron chi connectivity index (χ0n) is 56.0. The van der Waals surface area contributed by atoms with Crippen LogP contribution in [-0.4, -0.2) is 65.0 Å². The van der Waals surface area contributed by atoms with Gasteiger partial charge in [-0.2, -0.15) is 15.8 Å². The van der Waals surface area contributed by atoms with Crippen LogP contribution in [0.2, 0.25) is 30.1 Å². The number of pyridine rings is 3. The number of aromatic nitrogens is 3. The number of piperidine rings is 3. The third-order valence-corrected chi connectivity index (χ3v) is 21.0. The maximum Gasteiger partial charge on any atom is 0.219 e. The lowest BCUT2D eigenvalue weighted by atomic mass is 9.73. The predicted octanol–water partition coefficient (Wildman–Crippen LogP) is 18.4. The summed E-state index contributed by atoms with van der Waals surface area (Å²) >= 11 is 37.1. The summed E-state index contributed by atoms with van der Waals surface area (Å²) in [6.45, 7) is 11.0. The van der Waals surface area contributed by atoms with E-state index < -0.39 is 52.0 Å². The molecule has 526 valence electrons. The number of halogens is 9. The largest absolute Gasteiger partial charge is 0.482 e. The molecular formula is C77H71Cl6F3N12O4. The fraction of sp³-hybridized carbons (Fsp3) is 0.286. The second-order valence-corrected chi connectivity index (χ2v) is 27.6. The molecule has 0 bridgehead atoms. The van der Waals surface area contributed by atoms with Crippen LogP contribution >= 0.6 is 69.6 Å². The number of hydrogen-bond donors (Lipinski definition) is 5. The highest BCUT2D eigenvalue weighted by atomic mass is 35.5. The Bertz CT molecular complexity index is 4710. The molecule has 1 amide bonds. The van der Waals surface area contributed by atoms with Crippen LogP contribution in [0.5, 0.6) is 17.2 Å². The fourth-order valence-electron chi connectivity index (χ4n) is 12.9. The first-order chi connectivity index (χ1) is 48.8. The quantitative estimate of drug-likeness (QED) is 0.0598. The maximum atomic E-state index is 14.0. The number of nitrogens with two attached hydrogens (primary N) is 3. The molecule has 3 fully saturated rings. The lowest BCUT2D eigenvalue weighted by Gasteiger charge is -2.37. The molecule has 3 atom stereocenters. The molecule has 0 aliphatic carbocycles. The van der Waals surface area contributed by atoms with E-state index in [-0.39, 0.29) is 43.5 Å². The SMILES string of the molecule is CC(=O)N1CCC(C#N)(c2cccc(-c3cnc(N)c(OC(C)c4c(Cl)ccc(F)c4Cl)c3)c2)CC1.CC(Oc1cc(-c2ccc(C3(C#N)CCNCC3)cc2)cnc1N)c1c(Cl)ccc(F)c1Cl.CC(Oc1cc(-c2cccc(C3(C#N)CCNCC3)c2)cnc1N)c1c(Cl)ccc(F)c1Cl. The van der Waals surface area contributed by atoms with Crippen LogP contribution in [-0.2, 0) is 21.0 Å². The second kappa shape index (κ2) is 32.9. The van der Waals surface area contributed by atoms with Gasteiger partial charge in [0.05, 0.1) is 49.5 Å². The molecule has 3 aromatic heterocycles. The summed E-state index contributed by atoms with van der Waals surface area (Å²) in [7, 11) is 0. The highest BCUT2D eigenvalue weighted by molar-refractivity contribution is 6.37. The lowest BCUT2D eigenvalue weighted by Crippen LogP contribution is -2.43. The Labute approximate surface area is 620 Å². The van der Waals surface area contributed by atoms with E-state index in [9.17, 15) is 33.8 Å². The number of rotatable bonds is 15. The number of nitrogen functional groups attached to an aromatic ring is 3. The van der Waals surface area contributed by atoms with Crippen molar-refractivity contribution in [1.82, 2.24) is 30.5 Å². The van der Waals surface area contributed by atoms with Crippen molar-refractivity contribution in [2.24, 2.45) is 0 Å². The van der Waals surface area contributed by atoms with Gasteiger partial charge >= 0.3 is 0 Å². The molecule has 8 N–H and O–H groups in total. The number of nitrogens with one attached hydrogen (secondary N) is 2. The van der Waals surface area contributed by atoms with Crippen LogP contribution in [0.1, 0.15) is 118 Å². The molecule has 6 aromatic carbocycles. The number of hydrogen-bond acceptors (Lipinski definition) is 15. The third kappa shape index (κ3) is 16.7. The number of benzene rings is 6. The highest BCUT2D eigenvalue weighted by Crippen LogP contribution is 2.44. The molecule has 9 aromatic rings. The number of carbonyl (C=O) groups is 1. The van der Waals surface area contributed by atoms with Gasteiger partial charge in [0.25, 0.3) is 0 Å². The number of ether oxygens (including phenoxy) is 3. The molecule has 0 saturated carbocycles. The molecule has 16 nitrogen and oxygen atoms in total. The number of amides is 1. The zero-order chi connectivity index (χ0) is 73.2. The summed E-state index contributed by atoms with van der Waals surface area (Å²) in [5, 5.41) is 37.1. The van der Waals surface area contributed by atoms with Gasteiger partial charge in [-0.3, -0.25) is 4.79 Å². The first-order valence-electron chi connectivity index (χ1n) is 32.7. The van der Waals surface area contributed by atoms with Crippen molar-refractivity contribution in [3.05, 3.63) is 227 Å². The Kier molecular flexibility index (Phi) is 24.4. The molecule has 25 heteroatoms. The number of likely N-dealkylation sites (tertiary alicyclic amines) is 1. The first kappa shape index (κ1) is 75.6. The molecule has 3 saturated heterocycles. The predicted molar refractivity (Wildman–Crippen MR) is 396 cm³/mol. The van der Waals surface area contributed by atoms with Crippen LogP contribution < -0.4 is 42.0 Å². The summed E-state index contributed by atoms with van der Waals surface area (Å²) in [5.41, 5.74) is 25.4. The van der Waals surface area contributed by atoms with Gasteiger partial charge in [-0.1, -0.05) is 130 Å². The third-order valence-electron chi connectivity index (χ3n) is 18.9. The lowest BCUT2D eigenvalue weighted by molar-refractivity contribution is -0.130. The number of nitrogens with zero attached hydrogens (tertiary/aromatic N) is 7. The fourth-order valence-corrected chi connectivity index (χ4v) is 14.9. The summed E-state index contributed by atoms with van der Waals surface area (Å²) < 4.78 is 59.9. The Hall–Kier alpha value is -9.04. The van der Waals surface area contributed by atoms with Gasteiger partial charge in [0.15, 0.2) is 34.7 Å². The van der Waals surface area contributed by atoms with Crippen LogP contribution in [0.4, 0.5) is 30.6 Å². The van der Waals surface area contributed by atoms with Crippen LogP contribution in [0.25, 0.3) is 33.4 Å². The van der Waals surface area contributed by atoms with Crippen molar-refractivity contribution in [2.75, 3.05) is 56.5 Å². The molecule has 102 heavy (non-hydrogen) atoms. The molecular weight excluding hydrogens is 1430 g/mol. The summed E-state index contributed by atoms with van der Waals surface area (Å²) in [5.74, 6) is -0.202. The summed E-state index contributed by atoms with van der Waals surface area (Å²) in [4.78, 5) is 26.3. The summed E-state index contributed by atoms with van der Waals surface area (Å²) in [6, 6.07) is 44.3. The van der Waals surface area contributed by atoms with Gasteiger partial charge < -0.3 is 46.9 Å². The van der Waals surface area contributed by atoms with E-state index in [2.05, 4.69) is 43.8 Å². The zero-order valence-corrected chi connectivity index (χ0v) is 60.5. The normalized spacial score (nSPS) is 16.0. The Morgan fingerprint density at radius 2 is 0.784 bits per heavy atom. The van der Waals surface area contributed by atoms with E-state index in [0.29, 0.717) is 69.9 Å². The van der Waals surface area contributed by atoms with Crippen molar-refractivity contribution >= 4 is 93.0 Å². The average molecular weight is 1500 g/mol. The molecule has 12 rings (SSSR count). The minimum Gasteiger partial charge on any atom is -0.482 e. The second-order valence-electron chi connectivity index (χ2n) is 25.2. The molecule has 3 aliphatic heterocycles. The standard InChI is InChI=1S/C27H25Cl2FN4O2.2C25H23Cl2FN4O/c1-16(24-21(28)6-7-22(30)25(24)29)36-23-13-19(14-33-26(23)32)18-4-3-5-20(12-18)27(15-31)8-10-34(11-9-27)17(2)35;1-15(22-19(26)6-7-20(28)23(22)27)33-21-12-17(13-32-24(21)30)16-2-4-18(5-3-16)25(14-29)8-10-31-11-9-25;1-15(22-19(26)5-6-20(28)23(22)27)33-21-12-17(13-32-24(21)30)16-3-2-4-18(11-16)25(14-29)7-9-31-10-8-25/h3-7,12-14,16H,8-11H2,1-2H3,(H2,32,33);2-7,12-13,15,31H,8-11H2,1H3,(H2,30,32);2-6,11-13,15,31H,7-10H2,1H3,(H2,30,32). The van der Waals surface area contributed by atoms with Crippen molar-refractivity contribution in [2.45, 2.75) is 101 Å². The van der Waals surface area contributed by atoms with Gasteiger partial charge in [0, 0.05) is 87.1 Å². The smallest absolute Gasteiger partial charge is 0.219 e. The van der Waals surface area contributed by atoms with Crippen LogP contribution in [0.3, 0.4) is 0 Å². The van der Waals surface area contributed by atoms with E-state index in [1.54, 1.807) is 69.4 Å². The first-order valence-corrected chi connectivity index (χ1v) is 35.0. The van der Waals surface area contributed by atoms with Gasteiger partial charge in [-0.05, 0) is 186 Å². The van der Waals surface area contributed by atoms with E-state index in [1.807, 2.05) is 72.8 Å². The number of anilines is 3. The van der Waals surface area contributed by atoms with E-state index in [1.165, 1.54) is 36.4 Å². The minimum atomic E-state index is -0.695. The van der Waals surface area contributed by atoms with Gasteiger partial charge in [0.2, 0.25) is 5.91 Å². The van der Waals surface area contributed by atoms with Crippen LogP contribution in [0, 0.1) is 51.4 Å². The minimum absolute atomic E-state index is 0.0193. The average Bonchev–Trinajstić information content (AvgIpc) is 0.544. The van der Waals surface area contributed by atoms with Gasteiger partial charge in [-0.15, -0.1) is 0 Å². The van der Waals surface area contributed by atoms with Gasteiger partial charge in [0.1, 0.15) is 35.8 Å². The van der Waals surface area contributed by atoms with Crippen molar-refractivity contribution in [3.63, 3.8) is 0 Å². The van der Waals surface area contributed by atoms with E-state index in [0.717, 1.165) is 102 Å². The monoisotopic (exact) mass is 1490 g/mol. The Morgan fingerprint density at radius 1 is 0.461 bits per heavy atom. The van der Waals surface area contributed by atoms with Crippen LogP contribution in [0.15, 0.2) is 146 Å². The molecule has 6 heterocycles. The highest BCUT2D eigenvalue weighted by Gasteiger charge is 2.39. The van der Waals surface area contributed by atoms with Crippen molar-refractivity contribution < 1.29 is 32.2 Å². The van der Waals surface area contributed by atoms with E-state index in [4.69, 9.17) is 101 Å². The molecule has 3 unspecified atom stereocenters. The topological polar surface area (TPSA) is 260 Å². The summed E-state index contributed by atoms with van der Waals surface area (Å²) in [6.07, 6.45) is 7.15. The molecule has 0 spiro atoms.